The molecule has 0 aliphatic carbocycles. The third kappa shape index (κ3) is 4.05. The van der Waals surface area contributed by atoms with Gasteiger partial charge in [0.2, 0.25) is 0 Å². The second kappa shape index (κ2) is 7.41. The first-order valence-electron chi connectivity index (χ1n) is 7.10. The van der Waals surface area contributed by atoms with Gasteiger partial charge in [0.05, 0.1) is 12.7 Å². The van der Waals surface area contributed by atoms with Crippen molar-refractivity contribution in [3.8, 4) is 0 Å². The molecule has 20 heavy (non-hydrogen) atoms. The molecule has 0 amide bonds. The summed E-state index contributed by atoms with van der Waals surface area (Å²) in [6.45, 7) is 7.95. The number of rotatable bonds is 8. The molecule has 0 fully saturated rings. The van der Waals surface area contributed by atoms with Crippen molar-refractivity contribution < 1.29 is 14.6 Å². The van der Waals surface area contributed by atoms with Gasteiger partial charge in [-0.15, -0.1) is 0 Å². The van der Waals surface area contributed by atoms with Crippen LogP contribution in [-0.2, 0) is 15.1 Å². The molecule has 0 saturated heterocycles. The highest BCUT2D eigenvalue weighted by Crippen LogP contribution is 2.24. The smallest absolute Gasteiger partial charge is 0.331 e. The summed E-state index contributed by atoms with van der Waals surface area (Å²) in [6.07, 6.45) is 0.887. The van der Waals surface area contributed by atoms with Crippen LogP contribution >= 0.6 is 0 Å². The Balaban J connectivity index is 3.11. The third-order valence-electron chi connectivity index (χ3n) is 3.33. The topological polar surface area (TPSA) is 58.6 Å². The van der Waals surface area contributed by atoms with E-state index in [1.807, 2.05) is 58.0 Å². The minimum absolute atomic E-state index is 0.0337. The number of benzene rings is 1. The van der Waals surface area contributed by atoms with Gasteiger partial charge in [0.1, 0.15) is 0 Å². The lowest BCUT2D eigenvalue weighted by Gasteiger charge is -2.33. The van der Waals surface area contributed by atoms with Gasteiger partial charge in [0.15, 0.2) is 5.54 Å². The van der Waals surface area contributed by atoms with Crippen LogP contribution in [0.3, 0.4) is 0 Å². The van der Waals surface area contributed by atoms with Gasteiger partial charge >= 0.3 is 5.97 Å². The van der Waals surface area contributed by atoms with Gasteiger partial charge in [-0.3, -0.25) is 5.32 Å². The molecular formula is C16H25NO3. The molecule has 4 nitrogen and oxygen atoms in total. The Morgan fingerprint density at radius 1 is 1.30 bits per heavy atom. The standard InChI is InChI=1S/C16H25NO3/c1-5-13(4)20-11-16(15(18)19,17-12(2)3)14-9-7-6-8-10-14/h6-10,12-13,17H,5,11H2,1-4H3,(H,18,19). The fourth-order valence-electron chi connectivity index (χ4n) is 2.06. The van der Waals surface area contributed by atoms with Crippen molar-refractivity contribution in [2.75, 3.05) is 6.61 Å². The lowest BCUT2D eigenvalue weighted by atomic mass is 9.89. The maximum atomic E-state index is 11.9. The molecule has 0 spiro atoms. The van der Waals surface area contributed by atoms with E-state index in [1.165, 1.54) is 0 Å². The van der Waals surface area contributed by atoms with Crippen LogP contribution in [0.2, 0.25) is 0 Å². The summed E-state index contributed by atoms with van der Waals surface area (Å²) >= 11 is 0. The van der Waals surface area contributed by atoms with Crippen molar-refractivity contribution >= 4 is 5.97 Å². The van der Waals surface area contributed by atoms with Crippen LogP contribution in [0.1, 0.15) is 39.7 Å². The van der Waals surface area contributed by atoms with E-state index >= 15 is 0 Å². The quantitative estimate of drug-likeness (QED) is 0.768. The summed E-state index contributed by atoms with van der Waals surface area (Å²) in [5.74, 6) is -0.916. The van der Waals surface area contributed by atoms with E-state index in [2.05, 4.69) is 5.32 Å². The lowest BCUT2D eigenvalue weighted by molar-refractivity contribution is -0.150. The maximum absolute atomic E-state index is 11.9. The summed E-state index contributed by atoms with van der Waals surface area (Å²) in [6, 6.07) is 9.25. The van der Waals surface area contributed by atoms with Gasteiger partial charge < -0.3 is 9.84 Å². The predicted molar refractivity (Wildman–Crippen MR) is 79.7 cm³/mol. The van der Waals surface area contributed by atoms with Crippen LogP contribution in [0.4, 0.5) is 0 Å². The van der Waals surface area contributed by atoms with Gasteiger partial charge in [0.25, 0.3) is 0 Å². The largest absolute Gasteiger partial charge is 0.480 e. The number of carboxylic acid groups (broad SMARTS) is 1. The summed E-state index contributed by atoms with van der Waals surface area (Å²) in [5, 5.41) is 12.9. The summed E-state index contributed by atoms with van der Waals surface area (Å²) in [4.78, 5) is 11.9. The van der Waals surface area contributed by atoms with Crippen LogP contribution in [-0.4, -0.2) is 29.8 Å². The van der Waals surface area contributed by atoms with Gasteiger partial charge in [-0.25, -0.2) is 4.79 Å². The Kier molecular flexibility index (Phi) is 6.17. The van der Waals surface area contributed by atoms with E-state index in [4.69, 9.17) is 4.74 Å². The fraction of sp³-hybridized carbons (Fsp3) is 0.562. The number of carboxylic acids is 1. The molecule has 0 radical (unpaired) electrons. The van der Waals surface area contributed by atoms with E-state index in [-0.39, 0.29) is 18.8 Å². The van der Waals surface area contributed by atoms with Crippen molar-refractivity contribution in [2.24, 2.45) is 0 Å². The normalized spacial score (nSPS) is 15.8. The van der Waals surface area contributed by atoms with Crippen LogP contribution in [0.25, 0.3) is 0 Å². The average Bonchev–Trinajstić information content (AvgIpc) is 2.43. The first kappa shape index (κ1) is 16.7. The van der Waals surface area contributed by atoms with Crippen LogP contribution < -0.4 is 5.32 Å². The average molecular weight is 279 g/mol. The van der Waals surface area contributed by atoms with Crippen molar-refractivity contribution in [1.82, 2.24) is 5.32 Å². The molecular weight excluding hydrogens is 254 g/mol. The van der Waals surface area contributed by atoms with E-state index in [1.54, 1.807) is 0 Å². The monoisotopic (exact) mass is 279 g/mol. The van der Waals surface area contributed by atoms with Crippen LogP contribution in [0.5, 0.6) is 0 Å². The molecule has 2 atom stereocenters. The predicted octanol–water partition coefficient (Wildman–Crippen LogP) is 2.78. The highest BCUT2D eigenvalue weighted by atomic mass is 16.5. The molecule has 1 rings (SSSR count). The third-order valence-corrected chi connectivity index (χ3v) is 3.33. The van der Waals surface area contributed by atoms with Crippen LogP contribution in [0.15, 0.2) is 30.3 Å². The zero-order valence-electron chi connectivity index (χ0n) is 12.7. The zero-order valence-corrected chi connectivity index (χ0v) is 12.7. The molecule has 0 aromatic heterocycles. The molecule has 1 aromatic rings. The summed E-state index contributed by atoms with van der Waals surface area (Å²) in [5.41, 5.74) is -0.497. The molecule has 2 N–H and O–H groups in total. The minimum atomic E-state index is -1.21. The Morgan fingerprint density at radius 3 is 2.35 bits per heavy atom. The van der Waals surface area contributed by atoms with Crippen molar-refractivity contribution in [3.05, 3.63) is 35.9 Å². The Hall–Kier alpha value is -1.39. The zero-order chi connectivity index (χ0) is 15.2. The second-order valence-corrected chi connectivity index (χ2v) is 5.41. The number of hydrogen-bond acceptors (Lipinski definition) is 3. The Morgan fingerprint density at radius 2 is 1.90 bits per heavy atom. The van der Waals surface area contributed by atoms with E-state index < -0.39 is 11.5 Å². The number of aliphatic carboxylic acids is 1. The molecule has 4 heteroatoms. The second-order valence-electron chi connectivity index (χ2n) is 5.41. The number of carbonyl (C=O) groups is 1. The number of ether oxygens (including phenoxy) is 1. The molecule has 2 unspecified atom stereocenters. The Bertz CT molecular complexity index is 419. The highest BCUT2D eigenvalue weighted by molar-refractivity contribution is 5.81. The van der Waals surface area contributed by atoms with Crippen molar-refractivity contribution in [2.45, 2.75) is 51.8 Å². The SMILES string of the molecule is CCC(C)OCC(NC(C)C)(C(=O)O)c1ccccc1. The fourth-order valence-corrected chi connectivity index (χ4v) is 2.06. The summed E-state index contributed by atoms with van der Waals surface area (Å²) in [7, 11) is 0. The van der Waals surface area contributed by atoms with Gasteiger partial charge in [-0.05, 0) is 32.8 Å². The Labute approximate surface area is 121 Å². The lowest BCUT2D eigenvalue weighted by Crippen LogP contribution is -2.55. The first-order chi connectivity index (χ1) is 9.42. The van der Waals surface area contributed by atoms with E-state index in [0.29, 0.717) is 5.56 Å². The van der Waals surface area contributed by atoms with Gasteiger partial charge in [-0.2, -0.15) is 0 Å². The van der Waals surface area contributed by atoms with Crippen molar-refractivity contribution in [3.63, 3.8) is 0 Å². The van der Waals surface area contributed by atoms with Crippen LogP contribution in [0, 0.1) is 0 Å². The minimum Gasteiger partial charge on any atom is -0.480 e. The van der Waals surface area contributed by atoms with Gasteiger partial charge in [0, 0.05) is 6.04 Å². The highest BCUT2D eigenvalue weighted by Gasteiger charge is 2.41. The molecule has 0 saturated carbocycles. The number of nitrogens with one attached hydrogen (secondary N) is 1. The molecule has 0 bridgehead atoms. The van der Waals surface area contributed by atoms with Crippen molar-refractivity contribution in [1.29, 1.82) is 0 Å². The van der Waals surface area contributed by atoms with E-state index in [0.717, 1.165) is 6.42 Å². The molecule has 1 aromatic carbocycles. The maximum Gasteiger partial charge on any atom is 0.331 e. The molecule has 112 valence electrons. The van der Waals surface area contributed by atoms with E-state index in [9.17, 15) is 9.90 Å². The number of hydrogen-bond donors (Lipinski definition) is 2. The van der Waals surface area contributed by atoms with Gasteiger partial charge in [-0.1, -0.05) is 37.3 Å². The molecule has 0 heterocycles. The molecule has 0 aliphatic rings. The first-order valence-corrected chi connectivity index (χ1v) is 7.10. The molecule has 0 aliphatic heterocycles. The summed E-state index contributed by atoms with van der Waals surface area (Å²) < 4.78 is 5.73.